The molecule has 1 aliphatic rings. The van der Waals surface area contributed by atoms with Gasteiger partial charge in [0.15, 0.2) is 5.16 Å². The molecule has 130 valence electrons. The Balaban J connectivity index is 1.85. The molecule has 5 heteroatoms. The van der Waals surface area contributed by atoms with Crippen LogP contribution in [0.3, 0.4) is 0 Å². The van der Waals surface area contributed by atoms with Crippen LogP contribution in [0.4, 0.5) is 0 Å². The number of unbranched alkanes of at least 4 members (excludes halogenated alkanes) is 3. The first-order chi connectivity index (χ1) is 11.1. The van der Waals surface area contributed by atoms with Gasteiger partial charge in [0, 0.05) is 37.1 Å². The van der Waals surface area contributed by atoms with Crippen molar-refractivity contribution in [2.45, 2.75) is 63.7 Å². The van der Waals surface area contributed by atoms with Gasteiger partial charge in [-0.2, -0.15) is 0 Å². The minimum atomic E-state index is 0.686. The summed E-state index contributed by atoms with van der Waals surface area (Å²) >= 11 is 1.81. The summed E-state index contributed by atoms with van der Waals surface area (Å²) in [6, 6.07) is 2.83. The Hall–Kier alpha value is -0.650. The van der Waals surface area contributed by atoms with Crippen LogP contribution in [0.1, 0.15) is 50.4 Å². The van der Waals surface area contributed by atoms with Crippen molar-refractivity contribution in [3.63, 3.8) is 0 Å². The average molecular weight is 337 g/mol. The van der Waals surface area contributed by atoms with E-state index in [4.69, 9.17) is 4.98 Å². The van der Waals surface area contributed by atoms with Crippen LogP contribution in [-0.4, -0.2) is 58.7 Å². The Morgan fingerprint density at radius 3 is 2.78 bits per heavy atom. The second-order valence-corrected chi connectivity index (χ2v) is 7.90. The highest BCUT2D eigenvalue weighted by Gasteiger charge is 2.24. The molecule has 0 aliphatic carbocycles. The molecule has 1 fully saturated rings. The van der Waals surface area contributed by atoms with Gasteiger partial charge >= 0.3 is 0 Å². The predicted octanol–water partition coefficient (Wildman–Crippen LogP) is 3.59. The fraction of sp³-hybridized carbons (Fsp3) is 0.778. The van der Waals surface area contributed by atoms with Crippen molar-refractivity contribution in [2.75, 3.05) is 32.9 Å². The van der Waals surface area contributed by atoms with Crippen LogP contribution in [0.5, 0.6) is 0 Å². The van der Waals surface area contributed by atoms with Crippen molar-refractivity contribution in [1.29, 1.82) is 0 Å². The Kier molecular flexibility index (Phi) is 7.80. The maximum absolute atomic E-state index is 4.78. The monoisotopic (exact) mass is 336 g/mol. The third-order valence-electron chi connectivity index (χ3n) is 4.48. The quantitative estimate of drug-likeness (QED) is 0.391. The van der Waals surface area contributed by atoms with E-state index in [-0.39, 0.29) is 0 Å². The van der Waals surface area contributed by atoms with Gasteiger partial charge in [0.25, 0.3) is 0 Å². The highest BCUT2D eigenvalue weighted by Crippen LogP contribution is 2.19. The first-order valence-corrected chi connectivity index (χ1v) is 9.93. The Labute approximate surface area is 146 Å². The van der Waals surface area contributed by atoms with Gasteiger partial charge in [0.2, 0.25) is 0 Å². The van der Waals surface area contributed by atoms with Gasteiger partial charge < -0.3 is 4.90 Å². The number of likely N-dealkylation sites (tertiary alicyclic amines) is 1. The molecule has 1 unspecified atom stereocenters. The lowest BCUT2D eigenvalue weighted by molar-refractivity contribution is 0.262. The van der Waals surface area contributed by atoms with Crippen molar-refractivity contribution in [3.8, 4) is 0 Å². The SMILES string of the molecule is CCCCCCSc1nc(C)cc(CN2CCC(N(C)C)C2)n1. The fourth-order valence-corrected chi connectivity index (χ4v) is 3.97. The summed E-state index contributed by atoms with van der Waals surface area (Å²) in [5.74, 6) is 1.13. The number of thioether (sulfide) groups is 1. The molecule has 4 nitrogen and oxygen atoms in total. The molecule has 23 heavy (non-hydrogen) atoms. The summed E-state index contributed by atoms with van der Waals surface area (Å²) in [6.07, 6.45) is 6.47. The molecule has 0 N–H and O–H groups in total. The molecular formula is C18H32N4S. The molecule has 0 saturated carbocycles. The largest absolute Gasteiger partial charge is 0.305 e. The smallest absolute Gasteiger partial charge is 0.188 e. The van der Waals surface area contributed by atoms with Gasteiger partial charge in [-0.3, -0.25) is 4.90 Å². The molecule has 0 aromatic carbocycles. The summed E-state index contributed by atoms with van der Waals surface area (Å²) in [4.78, 5) is 14.2. The Morgan fingerprint density at radius 2 is 2.09 bits per heavy atom. The third kappa shape index (κ3) is 6.40. The van der Waals surface area contributed by atoms with Crippen LogP contribution in [0.25, 0.3) is 0 Å². The van der Waals surface area contributed by atoms with Crippen molar-refractivity contribution in [3.05, 3.63) is 17.5 Å². The van der Waals surface area contributed by atoms with Gasteiger partial charge in [0.05, 0.1) is 5.69 Å². The predicted molar refractivity (Wildman–Crippen MR) is 99.0 cm³/mol. The van der Waals surface area contributed by atoms with Gasteiger partial charge in [-0.25, -0.2) is 9.97 Å². The second kappa shape index (κ2) is 9.60. The minimum Gasteiger partial charge on any atom is -0.305 e. The number of aromatic nitrogens is 2. The average Bonchev–Trinajstić information content (AvgIpc) is 2.95. The third-order valence-corrected chi connectivity index (χ3v) is 5.41. The molecule has 0 radical (unpaired) electrons. The lowest BCUT2D eigenvalue weighted by atomic mass is 10.2. The van der Waals surface area contributed by atoms with E-state index in [1.165, 1.54) is 44.3 Å². The number of rotatable bonds is 9. The summed E-state index contributed by atoms with van der Waals surface area (Å²) in [5, 5.41) is 0.958. The highest BCUT2D eigenvalue weighted by molar-refractivity contribution is 7.99. The van der Waals surface area contributed by atoms with E-state index in [0.717, 1.165) is 29.7 Å². The van der Waals surface area contributed by atoms with Crippen molar-refractivity contribution in [2.24, 2.45) is 0 Å². The van der Waals surface area contributed by atoms with E-state index in [1.54, 1.807) is 0 Å². The standard InChI is InChI=1S/C18H32N4S/c1-5-6-7-8-11-23-18-19-15(2)12-16(20-18)13-22-10-9-17(14-22)21(3)4/h12,17H,5-11,13-14H2,1-4H3. The zero-order chi connectivity index (χ0) is 16.7. The number of hydrogen-bond donors (Lipinski definition) is 0. The minimum absolute atomic E-state index is 0.686. The first-order valence-electron chi connectivity index (χ1n) is 8.94. The molecule has 1 aromatic heterocycles. The first kappa shape index (κ1) is 18.7. The lowest BCUT2D eigenvalue weighted by Gasteiger charge is -2.20. The number of likely N-dealkylation sites (N-methyl/N-ethyl adjacent to an activating group) is 1. The van der Waals surface area contributed by atoms with Crippen LogP contribution >= 0.6 is 11.8 Å². The van der Waals surface area contributed by atoms with Crippen molar-refractivity contribution in [1.82, 2.24) is 19.8 Å². The summed E-state index contributed by atoms with van der Waals surface area (Å²) in [6.45, 7) is 7.61. The molecule has 2 rings (SSSR count). The van der Waals surface area contributed by atoms with Crippen LogP contribution < -0.4 is 0 Å². The Morgan fingerprint density at radius 1 is 1.26 bits per heavy atom. The lowest BCUT2D eigenvalue weighted by Crippen LogP contribution is -2.31. The van der Waals surface area contributed by atoms with Crippen molar-refractivity contribution >= 4 is 11.8 Å². The number of aryl methyl sites for hydroxylation is 1. The summed E-state index contributed by atoms with van der Waals surface area (Å²) in [7, 11) is 4.35. The normalized spacial score (nSPS) is 18.9. The molecule has 0 amide bonds. The van der Waals surface area contributed by atoms with Gasteiger partial charge in [0.1, 0.15) is 0 Å². The molecule has 1 aliphatic heterocycles. The van der Waals surface area contributed by atoms with E-state index in [0.29, 0.717) is 6.04 Å². The highest BCUT2D eigenvalue weighted by atomic mass is 32.2. The maximum Gasteiger partial charge on any atom is 0.188 e. The van der Waals surface area contributed by atoms with E-state index in [2.05, 4.69) is 48.8 Å². The van der Waals surface area contributed by atoms with Crippen LogP contribution in [0, 0.1) is 6.92 Å². The molecule has 2 heterocycles. The van der Waals surface area contributed by atoms with E-state index < -0.39 is 0 Å². The van der Waals surface area contributed by atoms with E-state index in [9.17, 15) is 0 Å². The van der Waals surface area contributed by atoms with Crippen molar-refractivity contribution < 1.29 is 0 Å². The van der Waals surface area contributed by atoms with Crippen LogP contribution in [-0.2, 0) is 6.54 Å². The topological polar surface area (TPSA) is 32.3 Å². The summed E-state index contributed by atoms with van der Waals surface area (Å²) in [5.41, 5.74) is 2.27. The van der Waals surface area contributed by atoms with Gasteiger partial charge in [-0.15, -0.1) is 0 Å². The fourth-order valence-electron chi connectivity index (χ4n) is 3.05. The van der Waals surface area contributed by atoms with Crippen LogP contribution in [0.2, 0.25) is 0 Å². The van der Waals surface area contributed by atoms with E-state index in [1.807, 2.05) is 11.8 Å². The number of hydrogen-bond acceptors (Lipinski definition) is 5. The van der Waals surface area contributed by atoms with Gasteiger partial charge in [-0.1, -0.05) is 37.9 Å². The second-order valence-electron chi connectivity index (χ2n) is 6.83. The molecule has 0 bridgehead atoms. The zero-order valence-corrected chi connectivity index (χ0v) is 16.0. The van der Waals surface area contributed by atoms with E-state index >= 15 is 0 Å². The zero-order valence-electron chi connectivity index (χ0n) is 15.2. The molecule has 0 spiro atoms. The van der Waals surface area contributed by atoms with Crippen LogP contribution in [0.15, 0.2) is 11.2 Å². The molecular weight excluding hydrogens is 304 g/mol. The summed E-state index contributed by atoms with van der Waals surface area (Å²) < 4.78 is 0. The Bertz CT molecular complexity index is 478. The maximum atomic E-state index is 4.78. The molecule has 1 atom stereocenters. The molecule has 1 saturated heterocycles. The molecule has 1 aromatic rings. The van der Waals surface area contributed by atoms with Gasteiger partial charge in [-0.05, 0) is 39.9 Å². The number of nitrogens with zero attached hydrogens (tertiary/aromatic N) is 4.